The number of nitrogens with zero attached hydrogens (tertiary/aromatic N) is 3. The average Bonchev–Trinajstić information content (AvgIpc) is 2.95. The molecule has 0 aliphatic carbocycles. The van der Waals surface area contributed by atoms with Gasteiger partial charge in [-0.3, -0.25) is 0 Å². The van der Waals surface area contributed by atoms with Crippen LogP contribution in [0.5, 0.6) is 0 Å². The first-order valence-corrected chi connectivity index (χ1v) is 7.57. The van der Waals surface area contributed by atoms with Crippen LogP contribution in [0.25, 0.3) is 21.9 Å². The summed E-state index contributed by atoms with van der Waals surface area (Å²) in [5.74, 6) is 0. The van der Waals surface area contributed by atoms with Crippen molar-refractivity contribution >= 4 is 44.8 Å². The van der Waals surface area contributed by atoms with Crippen LogP contribution in [0.2, 0.25) is 5.02 Å². The minimum Gasteiger partial charge on any atom is -0.235 e. The molecular weight excluding hydrogens is 314 g/mol. The quantitative estimate of drug-likeness (QED) is 0.631. The molecule has 1 aromatic heterocycles. The number of hydrogen-bond acceptors (Lipinski definition) is 4. The molecule has 22 heavy (non-hydrogen) atoms. The van der Waals surface area contributed by atoms with Crippen molar-refractivity contribution in [3.05, 3.63) is 63.6 Å². The monoisotopic (exact) mass is 321 g/mol. The number of allylic oxidation sites excluding steroid dienone is 1. The van der Waals surface area contributed by atoms with Gasteiger partial charge in [-0.25, -0.2) is 4.98 Å². The van der Waals surface area contributed by atoms with Gasteiger partial charge >= 0.3 is 0 Å². The number of hydrogen-bond donors (Lipinski definition) is 0. The van der Waals surface area contributed by atoms with E-state index >= 15 is 0 Å². The molecule has 0 saturated carbocycles. The Morgan fingerprint density at radius 2 is 2.05 bits per heavy atom. The summed E-state index contributed by atoms with van der Waals surface area (Å²) in [4.78, 5) is 4.46. The number of rotatable bonds is 2. The van der Waals surface area contributed by atoms with Gasteiger partial charge in [0.25, 0.3) is 0 Å². The molecule has 0 radical (unpaired) electrons. The number of aromatic nitrogens is 1. The van der Waals surface area contributed by atoms with Gasteiger partial charge in [0.05, 0.1) is 27.4 Å². The van der Waals surface area contributed by atoms with Crippen molar-refractivity contribution in [1.29, 1.82) is 10.5 Å². The van der Waals surface area contributed by atoms with Crippen molar-refractivity contribution in [3.63, 3.8) is 0 Å². The molecule has 1 heterocycles. The van der Waals surface area contributed by atoms with E-state index in [4.69, 9.17) is 16.9 Å². The summed E-state index contributed by atoms with van der Waals surface area (Å²) in [5, 5.41) is 19.6. The second-order valence-electron chi connectivity index (χ2n) is 4.54. The number of benzene rings is 2. The van der Waals surface area contributed by atoms with Gasteiger partial charge in [-0.15, -0.1) is 11.3 Å². The van der Waals surface area contributed by atoms with Crippen molar-refractivity contribution in [2.75, 3.05) is 0 Å². The molecule has 0 fully saturated rings. The predicted molar refractivity (Wildman–Crippen MR) is 89.3 cm³/mol. The van der Waals surface area contributed by atoms with Crippen molar-refractivity contribution in [1.82, 2.24) is 4.98 Å². The highest BCUT2D eigenvalue weighted by Gasteiger charge is 2.09. The van der Waals surface area contributed by atoms with Gasteiger partial charge in [0.1, 0.15) is 11.1 Å². The first kappa shape index (κ1) is 14.3. The Hall–Kier alpha value is -2.66. The van der Waals surface area contributed by atoms with Gasteiger partial charge in [0, 0.05) is 5.02 Å². The van der Waals surface area contributed by atoms with Gasteiger partial charge in [0.15, 0.2) is 0 Å². The molecule has 3 rings (SSSR count). The lowest BCUT2D eigenvalue weighted by atomic mass is 10.1. The summed E-state index contributed by atoms with van der Waals surface area (Å²) in [6.07, 6.45) is 1.74. The number of fused-ring (bicyclic) bond motifs is 1. The van der Waals surface area contributed by atoms with Gasteiger partial charge in [-0.05, 0) is 42.0 Å². The summed E-state index contributed by atoms with van der Waals surface area (Å²) in [7, 11) is 0. The van der Waals surface area contributed by atoms with Crippen molar-refractivity contribution in [2.24, 2.45) is 0 Å². The largest absolute Gasteiger partial charge is 0.235 e. The summed E-state index contributed by atoms with van der Waals surface area (Å²) in [6.45, 7) is 0. The molecule has 3 aromatic rings. The van der Waals surface area contributed by atoms with Gasteiger partial charge in [-0.1, -0.05) is 23.7 Å². The van der Waals surface area contributed by atoms with E-state index < -0.39 is 0 Å². The van der Waals surface area contributed by atoms with Crippen LogP contribution in [0, 0.1) is 22.7 Å². The average molecular weight is 322 g/mol. The summed E-state index contributed by atoms with van der Waals surface area (Å²) < 4.78 is 0.978. The molecule has 104 valence electrons. The SMILES string of the molecule is N#C/C(=C\c1cccc(C#N)c1)c1nc2cc(Cl)ccc2s1. The zero-order valence-electron chi connectivity index (χ0n) is 11.2. The molecule has 0 amide bonds. The third-order valence-corrected chi connectivity index (χ3v) is 4.33. The summed E-state index contributed by atoms with van der Waals surface area (Å²) >= 11 is 7.40. The lowest BCUT2D eigenvalue weighted by Crippen LogP contribution is -1.82. The van der Waals surface area contributed by atoms with Gasteiger partial charge in [-0.2, -0.15) is 10.5 Å². The van der Waals surface area contributed by atoms with E-state index in [2.05, 4.69) is 17.1 Å². The fourth-order valence-corrected chi connectivity index (χ4v) is 3.10. The van der Waals surface area contributed by atoms with Crippen LogP contribution < -0.4 is 0 Å². The molecule has 5 heteroatoms. The highest BCUT2D eigenvalue weighted by molar-refractivity contribution is 7.19. The molecule has 0 saturated heterocycles. The highest BCUT2D eigenvalue weighted by atomic mass is 35.5. The Morgan fingerprint density at radius 3 is 2.82 bits per heavy atom. The third-order valence-electron chi connectivity index (χ3n) is 3.03. The summed E-state index contributed by atoms with van der Waals surface area (Å²) in [5.41, 5.74) is 2.60. The van der Waals surface area contributed by atoms with E-state index in [-0.39, 0.29) is 0 Å². The maximum absolute atomic E-state index is 9.40. The van der Waals surface area contributed by atoms with Crippen LogP contribution in [0.15, 0.2) is 42.5 Å². The molecule has 0 atom stereocenters. The van der Waals surface area contributed by atoms with Crippen molar-refractivity contribution < 1.29 is 0 Å². The predicted octanol–water partition coefficient (Wildman–Crippen LogP) is 4.89. The van der Waals surface area contributed by atoms with E-state index in [1.807, 2.05) is 12.1 Å². The van der Waals surface area contributed by atoms with Crippen LogP contribution in [0.1, 0.15) is 16.1 Å². The number of nitriles is 2. The zero-order valence-corrected chi connectivity index (χ0v) is 12.8. The normalized spacial score (nSPS) is 11.1. The standard InChI is InChI=1S/C17H8ClN3S/c18-14-4-5-16-15(8-14)21-17(22-16)13(10-20)7-11-2-1-3-12(6-11)9-19/h1-8H/b13-7+. The van der Waals surface area contributed by atoms with Gasteiger partial charge in [0.2, 0.25) is 0 Å². The highest BCUT2D eigenvalue weighted by Crippen LogP contribution is 2.29. The number of halogens is 1. The van der Waals surface area contributed by atoms with Crippen LogP contribution >= 0.6 is 22.9 Å². The fraction of sp³-hybridized carbons (Fsp3) is 0. The Kier molecular flexibility index (Phi) is 3.89. The van der Waals surface area contributed by atoms with E-state index in [0.717, 1.165) is 15.8 Å². The Morgan fingerprint density at radius 1 is 1.18 bits per heavy atom. The molecule has 0 aliphatic heterocycles. The minimum atomic E-state index is 0.465. The van der Waals surface area contributed by atoms with Crippen LogP contribution in [-0.4, -0.2) is 4.98 Å². The van der Waals surface area contributed by atoms with E-state index in [1.54, 1.807) is 36.4 Å². The maximum Gasteiger partial charge on any atom is 0.135 e. The molecule has 3 nitrogen and oxygen atoms in total. The van der Waals surface area contributed by atoms with Crippen molar-refractivity contribution in [2.45, 2.75) is 0 Å². The lowest BCUT2D eigenvalue weighted by Gasteiger charge is -1.96. The summed E-state index contributed by atoms with van der Waals surface area (Å²) in [6, 6.07) is 16.8. The van der Waals surface area contributed by atoms with Crippen LogP contribution in [-0.2, 0) is 0 Å². The van der Waals surface area contributed by atoms with E-state index in [0.29, 0.717) is 21.2 Å². The molecule has 0 unspecified atom stereocenters. The van der Waals surface area contributed by atoms with Crippen LogP contribution in [0.4, 0.5) is 0 Å². The molecule has 0 bridgehead atoms. The molecular formula is C17H8ClN3S. The topological polar surface area (TPSA) is 60.5 Å². The lowest BCUT2D eigenvalue weighted by molar-refractivity contribution is 1.43. The smallest absolute Gasteiger partial charge is 0.135 e. The van der Waals surface area contributed by atoms with E-state index in [1.165, 1.54) is 11.3 Å². The Bertz CT molecular complexity index is 973. The second-order valence-corrected chi connectivity index (χ2v) is 6.01. The maximum atomic E-state index is 9.40. The van der Waals surface area contributed by atoms with Crippen molar-refractivity contribution in [3.8, 4) is 12.1 Å². The number of thiazole rings is 1. The van der Waals surface area contributed by atoms with Crippen LogP contribution in [0.3, 0.4) is 0 Å². The Balaban J connectivity index is 2.07. The molecule has 0 spiro atoms. The first-order valence-electron chi connectivity index (χ1n) is 6.38. The third kappa shape index (κ3) is 2.84. The molecule has 2 aromatic carbocycles. The first-order chi connectivity index (χ1) is 10.7. The molecule has 0 aliphatic rings. The zero-order chi connectivity index (χ0) is 15.5. The van der Waals surface area contributed by atoms with E-state index in [9.17, 15) is 5.26 Å². The Labute approximate surface area is 136 Å². The second kappa shape index (κ2) is 5.99. The fourth-order valence-electron chi connectivity index (χ4n) is 2.02. The van der Waals surface area contributed by atoms with Gasteiger partial charge < -0.3 is 0 Å². The minimum absolute atomic E-state index is 0.465. The molecule has 0 N–H and O–H groups in total.